The Hall–Kier alpha value is -4.60. The van der Waals surface area contributed by atoms with E-state index in [9.17, 15) is 41.6 Å². The number of likely N-dealkylation sites (N-methyl/N-ethyl adjacent to an activating group) is 1. The highest BCUT2D eigenvalue weighted by molar-refractivity contribution is 7.90. The number of benzene rings is 1. The van der Waals surface area contributed by atoms with Crippen LogP contribution in [0.15, 0.2) is 43.5 Å². The molecule has 2 saturated carbocycles. The molecule has 2 aliphatic carbocycles. The van der Waals surface area contributed by atoms with Gasteiger partial charge in [-0.15, -0.1) is 6.58 Å². The van der Waals surface area contributed by atoms with E-state index < -0.39 is 104 Å². The number of carbonyl (C=O) groups is 6. The molecule has 53 heavy (non-hydrogen) atoms. The summed E-state index contributed by atoms with van der Waals surface area (Å²) in [6.07, 6.45) is 0.697. The average Bonchev–Trinajstić information content (AvgIpc) is 3.97. The third-order valence-corrected chi connectivity index (χ3v) is 12.0. The lowest BCUT2D eigenvalue weighted by Gasteiger charge is -2.31. The highest BCUT2D eigenvalue weighted by atomic mass is 32.2. The Morgan fingerprint density at radius 3 is 2.42 bits per heavy atom. The first-order valence-electron chi connectivity index (χ1n) is 17.6. The average molecular weight is 759 g/mol. The van der Waals surface area contributed by atoms with Crippen molar-refractivity contribution in [3.63, 3.8) is 0 Å². The molecular weight excluding hydrogens is 711 g/mol. The Labute approximate surface area is 308 Å². The standard InChI is InChI=1S/C37H47FN4O10S/c1-7-24-16-37(24,34(47)39-53(49,50)26-12-13-26)17-30(43)29-15-25(51-35(48)41-19-22-10-9-11-28(38)27(22)21-41)20-42(29)33(46)23(18-40(6)31(44)8-2)14-32(45)52-36(3,4)5/h7-11,23-26,29H,1-2,12-21H2,3-6H3,(H,39,47)/t23-,24+,25+,29?,37+/m0/s1. The van der Waals surface area contributed by atoms with Crippen molar-refractivity contribution in [3.05, 3.63) is 60.5 Å². The predicted molar refractivity (Wildman–Crippen MR) is 188 cm³/mol. The Morgan fingerprint density at radius 2 is 1.83 bits per heavy atom. The van der Waals surface area contributed by atoms with E-state index in [2.05, 4.69) is 17.9 Å². The van der Waals surface area contributed by atoms with Gasteiger partial charge in [0.15, 0.2) is 5.78 Å². The maximum Gasteiger partial charge on any atom is 0.410 e. The quantitative estimate of drug-likeness (QED) is 0.169. The molecule has 3 fully saturated rings. The molecule has 5 rings (SSSR count). The predicted octanol–water partition coefficient (Wildman–Crippen LogP) is 3.00. The van der Waals surface area contributed by atoms with E-state index in [0.717, 1.165) is 6.08 Å². The van der Waals surface area contributed by atoms with E-state index in [1.807, 2.05) is 0 Å². The van der Waals surface area contributed by atoms with Crippen LogP contribution in [-0.4, -0.2) is 102 Å². The summed E-state index contributed by atoms with van der Waals surface area (Å²) in [5.41, 5.74) is -1.32. The fourth-order valence-corrected chi connectivity index (χ4v) is 8.48. The van der Waals surface area contributed by atoms with Crippen LogP contribution in [0.3, 0.4) is 0 Å². The summed E-state index contributed by atoms with van der Waals surface area (Å²) in [5.74, 6) is -5.50. The molecule has 1 aromatic rings. The van der Waals surface area contributed by atoms with Crippen LogP contribution in [-0.2, 0) is 56.6 Å². The molecular formula is C37H47FN4O10S. The molecule has 5 atom stereocenters. The Morgan fingerprint density at radius 1 is 1.13 bits per heavy atom. The number of hydrogen-bond donors (Lipinski definition) is 1. The molecule has 1 aromatic carbocycles. The second-order valence-corrected chi connectivity index (χ2v) is 17.4. The number of nitrogens with one attached hydrogen (secondary N) is 1. The van der Waals surface area contributed by atoms with Crippen LogP contribution in [0.1, 0.15) is 70.4 Å². The second kappa shape index (κ2) is 15.0. The van der Waals surface area contributed by atoms with Crippen molar-refractivity contribution < 1.29 is 51.0 Å². The molecule has 4 aliphatic rings. The van der Waals surface area contributed by atoms with Gasteiger partial charge in [-0.2, -0.15) is 0 Å². The summed E-state index contributed by atoms with van der Waals surface area (Å²) >= 11 is 0. The zero-order valence-corrected chi connectivity index (χ0v) is 31.3. The number of carbonyl (C=O) groups excluding carboxylic acids is 6. The Bertz CT molecular complexity index is 1820. The van der Waals surface area contributed by atoms with Crippen molar-refractivity contribution in [2.45, 2.75) is 95.4 Å². The van der Waals surface area contributed by atoms with Gasteiger partial charge in [0.2, 0.25) is 27.7 Å². The smallest absolute Gasteiger partial charge is 0.410 e. The molecule has 14 nitrogen and oxygen atoms in total. The van der Waals surface area contributed by atoms with E-state index in [-0.39, 0.29) is 39.0 Å². The third-order valence-electron chi connectivity index (χ3n) is 10.2. The van der Waals surface area contributed by atoms with Crippen LogP contribution in [0.25, 0.3) is 0 Å². The molecule has 0 aromatic heterocycles. The molecule has 1 unspecified atom stereocenters. The zero-order chi connectivity index (χ0) is 39.0. The highest BCUT2D eigenvalue weighted by Crippen LogP contribution is 2.57. The number of likely N-dealkylation sites (tertiary alicyclic amines) is 1. The minimum absolute atomic E-state index is 0.0372. The van der Waals surface area contributed by atoms with Crippen LogP contribution in [0.4, 0.5) is 9.18 Å². The number of rotatable bonds is 14. The molecule has 0 bridgehead atoms. The number of fused-ring (bicyclic) bond motifs is 1. The normalized spacial score (nSPS) is 24.1. The number of hydrogen-bond acceptors (Lipinski definition) is 10. The Balaban J connectivity index is 1.40. The Kier molecular flexibility index (Phi) is 11.2. The second-order valence-electron chi connectivity index (χ2n) is 15.4. The number of sulfonamides is 1. The summed E-state index contributed by atoms with van der Waals surface area (Å²) in [4.78, 5) is 84.7. The maximum absolute atomic E-state index is 14.4. The monoisotopic (exact) mass is 758 g/mol. The van der Waals surface area contributed by atoms with Gasteiger partial charge in [-0.3, -0.25) is 33.6 Å². The van der Waals surface area contributed by atoms with E-state index >= 15 is 0 Å². The number of amides is 4. The first kappa shape index (κ1) is 39.6. The van der Waals surface area contributed by atoms with Crippen molar-refractivity contribution in [2.24, 2.45) is 17.3 Å². The summed E-state index contributed by atoms with van der Waals surface area (Å²) in [5, 5.41) is -0.675. The zero-order valence-electron chi connectivity index (χ0n) is 30.5. The van der Waals surface area contributed by atoms with Crippen LogP contribution in [0.2, 0.25) is 0 Å². The van der Waals surface area contributed by atoms with E-state index in [0.29, 0.717) is 24.0 Å². The minimum atomic E-state index is -3.93. The maximum atomic E-state index is 14.4. The number of ether oxygens (including phenoxy) is 2. The van der Waals surface area contributed by atoms with Crippen molar-refractivity contribution in [1.29, 1.82) is 0 Å². The van der Waals surface area contributed by atoms with Crippen molar-refractivity contribution >= 4 is 45.6 Å². The SMILES string of the molecule is C=CC(=O)N(C)C[C@H](CC(=O)OC(C)(C)C)C(=O)N1C[C@H](OC(=O)N2Cc3cccc(F)c3C2)CC1C(=O)C[C@]1(C(=O)NS(=O)(=O)C2CC2)C[C@H]1C=C. The summed E-state index contributed by atoms with van der Waals surface area (Å²) in [7, 11) is -2.50. The fraction of sp³-hybridized carbons (Fsp3) is 0.568. The number of esters is 1. The first-order chi connectivity index (χ1) is 24.8. The number of allylic oxidation sites excluding steroid dienone is 1. The number of Topliss-reactive ketones (excluding diaryl/α,β-unsaturated/α-hetero) is 1. The van der Waals surface area contributed by atoms with Gasteiger partial charge in [0.1, 0.15) is 17.5 Å². The first-order valence-corrected chi connectivity index (χ1v) is 19.2. The van der Waals surface area contributed by atoms with Gasteiger partial charge in [0.25, 0.3) is 0 Å². The van der Waals surface area contributed by atoms with Crippen LogP contribution < -0.4 is 4.72 Å². The van der Waals surface area contributed by atoms with Gasteiger partial charge >= 0.3 is 12.1 Å². The molecule has 2 aliphatic heterocycles. The molecule has 0 radical (unpaired) electrons. The topological polar surface area (TPSA) is 177 Å². The van der Waals surface area contributed by atoms with Gasteiger partial charge in [-0.05, 0) is 63.7 Å². The largest absolute Gasteiger partial charge is 0.460 e. The molecule has 0 spiro atoms. The van der Waals surface area contributed by atoms with Gasteiger partial charge in [0, 0.05) is 38.5 Å². The van der Waals surface area contributed by atoms with E-state index in [4.69, 9.17) is 9.47 Å². The molecule has 1 saturated heterocycles. The summed E-state index contributed by atoms with van der Waals surface area (Å²) in [6, 6.07) is 3.29. The van der Waals surface area contributed by atoms with Gasteiger partial charge < -0.3 is 19.3 Å². The van der Waals surface area contributed by atoms with Crippen LogP contribution in [0.5, 0.6) is 0 Å². The van der Waals surface area contributed by atoms with E-state index in [1.54, 1.807) is 32.9 Å². The van der Waals surface area contributed by atoms with Crippen molar-refractivity contribution in [3.8, 4) is 0 Å². The lowest BCUT2D eigenvalue weighted by Crippen LogP contribution is -2.48. The summed E-state index contributed by atoms with van der Waals surface area (Å²) in [6.45, 7) is 11.7. The molecule has 4 amide bonds. The number of ketones is 1. The number of nitrogens with zero attached hydrogens (tertiary/aromatic N) is 3. The van der Waals surface area contributed by atoms with Gasteiger partial charge in [-0.1, -0.05) is 24.8 Å². The third kappa shape index (κ3) is 8.96. The molecule has 1 N–H and O–H groups in total. The molecule has 16 heteroatoms. The van der Waals surface area contributed by atoms with Gasteiger partial charge in [-0.25, -0.2) is 17.6 Å². The lowest BCUT2D eigenvalue weighted by atomic mass is 9.91. The fourth-order valence-electron chi connectivity index (χ4n) is 7.09. The van der Waals surface area contributed by atoms with Crippen LogP contribution in [0, 0.1) is 23.1 Å². The van der Waals surface area contributed by atoms with Gasteiger partial charge in [0.05, 0.1) is 42.1 Å². The van der Waals surface area contributed by atoms with E-state index in [1.165, 1.54) is 33.9 Å². The lowest BCUT2D eigenvalue weighted by molar-refractivity contribution is -0.159. The number of halogens is 1. The van der Waals surface area contributed by atoms with Crippen molar-refractivity contribution in [1.82, 2.24) is 19.4 Å². The minimum Gasteiger partial charge on any atom is -0.460 e. The van der Waals surface area contributed by atoms with Crippen LogP contribution >= 0.6 is 0 Å². The summed E-state index contributed by atoms with van der Waals surface area (Å²) < 4.78 is 53.2. The molecule has 288 valence electrons. The highest BCUT2D eigenvalue weighted by Gasteiger charge is 2.61. The molecule has 2 heterocycles. The van der Waals surface area contributed by atoms with Crippen molar-refractivity contribution in [2.75, 3.05) is 20.1 Å².